The minimum Gasteiger partial charge on any atom is -0.456 e. The van der Waals surface area contributed by atoms with Gasteiger partial charge in [-0.05, 0) is 68.9 Å². The molecular formula is C38H39F3N2O10. The summed E-state index contributed by atoms with van der Waals surface area (Å²) in [4.78, 5) is 76.7. The van der Waals surface area contributed by atoms with E-state index < -0.39 is 112 Å². The molecule has 2 heterocycles. The number of allylic oxidation sites excluding steroid dienone is 4. The molecule has 0 bridgehead atoms. The maximum atomic E-state index is 17.8. The van der Waals surface area contributed by atoms with E-state index in [-0.39, 0.29) is 43.4 Å². The smallest absolute Gasteiger partial charge is 0.328 e. The van der Waals surface area contributed by atoms with E-state index in [4.69, 9.17) is 14.2 Å². The molecule has 15 heteroatoms. The number of ether oxygens (including phenoxy) is 3. The van der Waals surface area contributed by atoms with Crippen LogP contribution in [0.5, 0.6) is 0 Å². The van der Waals surface area contributed by atoms with Gasteiger partial charge in [0.15, 0.2) is 29.9 Å². The third kappa shape index (κ3) is 5.44. The number of amides is 3. The zero-order chi connectivity index (χ0) is 38.2. The van der Waals surface area contributed by atoms with Crippen LogP contribution in [0.4, 0.5) is 13.2 Å². The van der Waals surface area contributed by atoms with Gasteiger partial charge in [-0.1, -0.05) is 25.1 Å². The van der Waals surface area contributed by atoms with Gasteiger partial charge < -0.3 is 24.6 Å². The molecule has 7 rings (SSSR count). The van der Waals surface area contributed by atoms with Crippen molar-refractivity contribution in [1.29, 1.82) is 0 Å². The summed E-state index contributed by atoms with van der Waals surface area (Å²) >= 11 is 0. The number of benzene rings is 1. The lowest BCUT2D eigenvalue weighted by Crippen LogP contribution is -2.70. The van der Waals surface area contributed by atoms with E-state index in [1.165, 1.54) is 44.2 Å². The number of fused-ring (bicyclic) bond motifs is 7. The van der Waals surface area contributed by atoms with Gasteiger partial charge in [0.05, 0.1) is 12.2 Å². The van der Waals surface area contributed by atoms with Crippen LogP contribution in [0.3, 0.4) is 0 Å². The molecule has 0 unspecified atom stereocenters. The average molecular weight is 741 g/mol. The van der Waals surface area contributed by atoms with Gasteiger partial charge in [-0.2, -0.15) is 0 Å². The monoisotopic (exact) mass is 740 g/mol. The Balaban J connectivity index is 1.14. The number of aliphatic hydroxyl groups excluding tert-OH is 1. The standard InChI is InChI=1S/C38H39F3N2O10/c1-19(42-30(47)10-12-43-31(48)7-8-32(43)49)33(50)51-18-28(46)38-29(52-34(53-38)20-5-4-6-21(39)13-20)16-23-24-15-26(40)25-14-22(44)9-11-35(25,2)37(24,41)27(45)17-36(23,38)3/h4-9,11,13-14,19,23-24,26-27,29,34,45H,10,12,15-18H2,1-3H3,(H,42,47)/t19-,23-,24-,26-,27-,29+,34+,35-,36-,37-,38+/m0/s1. The molecule has 4 aliphatic carbocycles. The summed E-state index contributed by atoms with van der Waals surface area (Å²) in [7, 11) is 0. The van der Waals surface area contributed by atoms with Crippen LogP contribution < -0.4 is 5.32 Å². The third-order valence-electron chi connectivity index (χ3n) is 12.4. The Kier molecular flexibility index (Phi) is 8.93. The Labute approximate surface area is 302 Å². The van der Waals surface area contributed by atoms with Crippen LogP contribution in [-0.2, 0) is 43.0 Å². The minimum absolute atomic E-state index is 0.0143. The van der Waals surface area contributed by atoms with Gasteiger partial charge in [-0.15, -0.1) is 0 Å². The largest absolute Gasteiger partial charge is 0.456 e. The van der Waals surface area contributed by atoms with Gasteiger partial charge in [-0.3, -0.25) is 28.9 Å². The van der Waals surface area contributed by atoms with Gasteiger partial charge in [0.1, 0.15) is 18.0 Å². The van der Waals surface area contributed by atoms with Crippen LogP contribution in [0.15, 0.2) is 60.2 Å². The molecule has 3 saturated carbocycles. The Morgan fingerprint density at radius 1 is 1.09 bits per heavy atom. The molecule has 53 heavy (non-hydrogen) atoms. The first-order valence-corrected chi connectivity index (χ1v) is 17.5. The number of imide groups is 1. The van der Waals surface area contributed by atoms with Gasteiger partial charge in [0.2, 0.25) is 11.7 Å². The molecule has 1 aromatic rings. The van der Waals surface area contributed by atoms with Crippen molar-refractivity contribution in [2.45, 2.75) is 88.4 Å². The van der Waals surface area contributed by atoms with Crippen molar-refractivity contribution in [1.82, 2.24) is 10.2 Å². The van der Waals surface area contributed by atoms with Crippen molar-refractivity contribution in [2.75, 3.05) is 13.2 Å². The zero-order valence-corrected chi connectivity index (χ0v) is 29.2. The van der Waals surface area contributed by atoms with E-state index in [9.17, 15) is 38.3 Å². The molecule has 1 saturated heterocycles. The zero-order valence-electron chi connectivity index (χ0n) is 29.2. The average Bonchev–Trinajstić information content (AvgIpc) is 3.73. The second-order valence-electron chi connectivity index (χ2n) is 15.2. The summed E-state index contributed by atoms with van der Waals surface area (Å²) in [5, 5.41) is 14.2. The van der Waals surface area contributed by atoms with Crippen molar-refractivity contribution in [3.05, 3.63) is 71.6 Å². The highest BCUT2D eigenvalue weighted by molar-refractivity contribution is 6.13. The highest BCUT2D eigenvalue weighted by Gasteiger charge is 2.80. The first kappa shape index (κ1) is 36.9. The predicted octanol–water partition coefficient (Wildman–Crippen LogP) is 2.84. The molecule has 12 nitrogen and oxygen atoms in total. The summed E-state index contributed by atoms with van der Waals surface area (Å²) < 4.78 is 66.2. The number of Topliss-reactive ketones (excluding diaryl/α,β-unsaturated/α-hetero) is 1. The van der Waals surface area contributed by atoms with Crippen molar-refractivity contribution in [3.8, 4) is 0 Å². The van der Waals surface area contributed by atoms with Crippen molar-refractivity contribution in [2.24, 2.45) is 22.7 Å². The number of carbonyl (C=O) groups excluding carboxylic acids is 6. The van der Waals surface area contributed by atoms with E-state index in [0.717, 1.165) is 29.2 Å². The Bertz CT molecular complexity index is 1880. The third-order valence-corrected chi connectivity index (χ3v) is 12.4. The number of rotatable bonds is 9. The number of carbonyl (C=O) groups is 6. The fourth-order valence-corrected chi connectivity index (χ4v) is 9.86. The van der Waals surface area contributed by atoms with Crippen LogP contribution in [0.25, 0.3) is 0 Å². The number of nitrogens with one attached hydrogen (secondary N) is 1. The molecule has 2 N–H and O–H groups in total. The number of halogens is 3. The second-order valence-corrected chi connectivity index (χ2v) is 15.2. The summed E-state index contributed by atoms with van der Waals surface area (Å²) in [6, 6.07) is 4.09. The van der Waals surface area contributed by atoms with Crippen molar-refractivity contribution >= 4 is 35.3 Å². The number of hydrogen-bond donors (Lipinski definition) is 2. The first-order chi connectivity index (χ1) is 25.0. The van der Waals surface area contributed by atoms with Crippen LogP contribution in [0.2, 0.25) is 0 Å². The summed E-state index contributed by atoms with van der Waals surface area (Å²) in [5.41, 5.74) is -7.33. The molecule has 0 spiro atoms. The van der Waals surface area contributed by atoms with Crippen LogP contribution in [0.1, 0.15) is 58.3 Å². The van der Waals surface area contributed by atoms with Gasteiger partial charge in [0, 0.05) is 47.4 Å². The summed E-state index contributed by atoms with van der Waals surface area (Å²) in [6.07, 6.45) is -1.23. The Morgan fingerprint density at radius 2 is 1.81 bits per heavy atom. The number of hydrogen-bond acceptors (Lipinski definition) is 10. The molecule has 0 aromatic heterocycles. The number of ketones is 2. The number of aliphatic hydroxyl groups is 1. The fraction of sp³-hybridized carbons (Fsp3) is 0.526. The van der Waals surface area contributed by atoms with E-state index in [1.54, 1.807) is 6.92 Å². The van der Waals surface area contributed by atoms with Gasteiger partial charge in [0.25, 0.3) is 11.8 Å². The molecular weight excluding hydrogens is 701 g/mol. The summed E-state index contributed by atoms with van der Waals surface area (Å²) in [6.45, 7) is 3.30. The van der Waals surface area contributed by atoms with Crippen molar-refractivity contribution in [3.63, 3.8) is 0 Å². The Hall–Kier alpha value is -4.47. The highest BCUT2D eigenvalue weighted by Crippen LogP contribution is 2.72. The van der Waals surface area contributed by atoms with Gasteiger partial charge >= 0.3 is 5.97 Å². The maximum absolute atomic E-state index is 17.8. The molecule has 3 amide bonds. The number of esters is 1. The first-order valence-electron chi connectivity index (χ1n) is 17.5. The molecule has 1 aromatic carbocycles. The molecule has 4 fully saturated rings. The van der Waals surface area contributed by atoms with E-state index >= 15 is 8.78 Å². The van der Waals surface area contributed by atoms with Crippen LogP contribution >= 0.6 is 0 Å². The second kappa shape index (κ2) is 12.8. The topological polar surface area (TPSA) is 166 Å². The van der Waals surface area contributed by atoms with Crippen LogP contribution in [-0.4, -0.2) is 94.1 Å². The molecule has 6 aliphatic rings. The van der Waals surface area contributed by atoms with E-state index in [2.05, 4.69) is 5.32 Å². The van der Waals surface area contributed by atoms with E-state index in [0.29, 0.717) is 0 Å². The lowest BCUT2D eigenvalue weighted by Gasteiger charge is -2.63. The highest BCUT2D eigenvalue weighted by atomic mass is 19.1. The number of nitrogens with zero attached hydrogens (tertiary/aromatic N) is 1. The quantitative estimate of drug-likeness (QED) is 0.284. The fourth-order valence-electron chi connectivity index (χ4n) is 9.86. The van der Waals surface area contributed by atoms with E-state index in [1.807, 2.05) is 0 Å². The normalized spacial score (nSPS) is 38.8. The SMILES string of the molecule is C[C@H](NC(=O)CCN1C(=O)C=CC1=O)C(=O)OCC(=O)[C@@]12O[C@H](c3cccc(F)c3)O[C@@H]1C[C@H]1[C@@H]3C[C@H](F)C4=CC(=O)C=C[C@]4(C)[C@@]3(F)[C@@H](O)C[C@@]12C. The lowest BCUT2D eigenvalue weighted by atomic mass is 9.44. The van der Waals surface area contributed by atoms with Crippen molar-refractivity contribution < 1.29 is 61.3 Å². The predicted molar refractivity (Wildman–Crippen MR) is 176 cm³/mol. The lowest BCUT2D eigenvalue weighted by molar-refractivity contribution is -0.235. The minimum atomic E-state index is -2.44. The molecule has 11 atom stereocenters. The molecule has 0 radical (unpaired) electrons. The van der Waals surface area contributed by atoms with Gasteiger partial charge in [-0.25, -0.2) is 18.0 Å². The van der Waals surface area contributed by atoms with Crippen LogP contribution in [0, 0.1) is 28.5 Å². The Morgan fingerprint density at radius 3 is 2.51 bits per heavy atom. The summed E-state index contributed by atoms with van der Waals surface area (Å²) in [5.74, 6) is -6.66. The molecule has 282 valence electrons. The maximum Gasteiger partial charge on any atom is 0.328 e. The molecule has 2 aliphatic heterocycles. The number of alkyl halides is 2.